The van der Waals surface area contributed by atoms with Crippen LogP contribution in [0.4, 0.5) is 4.79 Å². The maximum Gasteiger partial charge on any atom is 0.409 e. The highest BCUT2D eigenvalue weighted by Gasteiger charge is 2.28. The van der Waals surface area contributed by atoms with Gasteiger partial charge in [0.25, 0.3) is 0 Å². The number of nitrogens with one attached hydrogen (secondary N) is 1. The van der Waals surface area contributed by atoms with Crippen molar-refractivity contribution in [2.45, 2.75) is 69.0 Å². The summed E-state index contributed by atoms with van der Waals surface area (Å²) in [5, 5.41) is 3.72. The summed E-state index contributed by atoms with van der Waals surface area (Å²) in [6.07, 6.45) is 8.15. The lowest BCUT2D eigenvalue weighted by Gasteiger charge is -2.25. The van der Waals surface area contributed by atoms with Gasteiger partial charge in [0, 0.05) is 30.3 Å². The van der Waals surface area contributed by atoms with E-state index in [2.05, 4.69) is 36.5 Å². The number of hydrogen-bond donors (Lipinski definition) is 1. The van der Waals surface area contributed by atoms with Crippen LogP contribution >= 0.6 is 11.8 Å². The summed E-state index contributed by atoms with van der Waals surface area (Å²) in [6, 6.07) is 9.13. The number of amides is 1. The van der Waals surface area contributed by atoms with E-state index in [9.17, 15) is 4.79 Å². The summed E-state index contributed by atoms with van der Waals surface area (Å²) < 4.78 is 5.37. The fraction of sp³-hybridized carbons (Fsp3) is 0.667. The number of thioether (sulfide) groups is 1. The van der Waals surface area contributed by atoms with E-state index in [0.29, 0.717) is 12.6 Å². The summed E-state index contributed by atoms with van der Waals surface area (Å²) in [5.41, 5.74) is 1.34. The Labute approximate surface area is 162 Å². The highest BCUT2D eigenvalue weighted by Crippen LogP contribution is 2.28. The maximum absolute atomic E-state index is 11.5. The number of ether oxygens (including phenoxy) is 1. The van der Waals surface area contributed by atoms with Gasteiger partial charge >= 0.3 is 6.09 Å². The average molecular weight is 377 g/mol. The topological polar surface area (TPSA) is 41.6 Å². The molecule has 5 heteroatoms. The average Bonchev–Trinajstić information content (AvgIpc) is 2.97. The monoisotopic (exact) mass is 376 g/mol. The van der Waals surface area contributed by atoms with E-state index in [1.165, 1.54) is 49.0 Å². The Hall–Kier alpha value is -1.20. The number of likely N-dealkylation sites (N-methyl/N-ethyl adjacent to an activating group) is 1. The Morgan fingerprint density at radius 2 is 2.04 bits per heavy atom. The van der Waals surface area contributed by atoms with E-state index < -0.39 is 0 Å². The number of carbonyl (C=O) groups excluding carboxylic acids is 1. The van der Waals surface area contributed by atoms with Crippen molar-refractivity contribution in [1.29, 1.82) is 0 Å². The SMILES string of the molecule is CC(CC1CCCCC1)NCc1ccccc1SCC1CN(C)C(=O)O1. The summed E-state index contributed by atoms with van der Waals surface area (Å²) in [5.74, 6) is 1.72. The standard InChI is InChI=1S/C21H32N2O2S/c1-16(12-17-8-4-3-5-9-17)22-13-18-10-6-7-11-20(18)26-15-19-14-23(2)21(24)25-19/h6-7,10-11,16-17,19,22H,3-5,8-9,12-15H2,1-2H3. The number of cyclic esters (lactones) is 1. The van der Waals surface area contributed by atoms with Crippen molar-refractivity contribution in [3.8, 4) is 0 Å². The van der Waals surface area contributed by atoms with Crippen LogP contribution in [-0.2, 0) is 11.3 Å². The highest BCUT2D eigenvalue weighted by atomic mass is 32.2. The van der Waals surface area contributed by atoms with Gasteiger partial charge < -0.3 is 15.0 Å². The number of nitrogens with zero attached hydrogens (tertiary/aromatic N) is 1. The van der Waals surface area contributed by atoms with Gasteiger partial charge in [0.05, 0.1) is 6.54 Å². The second-order valence-corrected chi connectivity index (χ2v) is 8.89. The van der Waals surface area contributed by atoms with Crippen molar-refractivity contribution in [2.24, 2.45) is 5.92 Å². The third-order valence-corrected chi connectivity index (χ3v) is 6.75. The van der Waals surface area contributed by atoms with E-state index in [-0.39, 0.29) is 12.2 Å². The zero-order chi connectivity index (χ0) is 18.4. The molecule has 1 aromatic rings. The van der Waals surface area contributed by atoms with Crippen molar-refractivity contribution in [2.75, 3.05) is 19.3 Å². The van der Waals surface area contributed by atoms with Crippen LogP contribution in [0.25, 0.3) is 0 Å². The fourth-order valence-corrected chi connectivity index (χ4v) is 5.04. The van der Waals surface area contributed by atoms with Gasteiger partial charge in [0.15, 0.2) is 0 Å². The van der Waals surface area contributed by atoms with Crippen LogP contribution in [0.2, 0.25) is 0 Å². The minimum absolute atomic E-state index is 0.0104. The fourth-order valence-electron chi connectivity index (χ4n) is 4.00. The van der Waals surface area contributed by atoms with Gasteiger partial charge in [-0.15, -0.1) is 11.8 Å². The van der Waals surface area contributed by atoms with Crippen LogP contribution in [0.5, 0.6) is 0 Å². The first-order valence-corrected chi connectivity index (χ1v) is 11.0. The number of benzene rings is 1. The van der Waals surface area contributed by atoms with Crippen molar-refractivity contribution < 1.29 is 9.53 Å². The first kappa shape index (κ1) is 19.6. The lowest BCUT2D eigenvalue weighted by Crippen LogP contribution is -2.28. The quantitative estimate of drug-likeness (QED) is 0.669. The van der Waals surface area contributed by atoms with Crippen LogP contribution in [0.3, 0.4) is 0 Å². The summed E-state index contributed by atoms with van der Waals surface area (Å²) in [6.45, 7) is 3.91. The van der Waals surface area contributed by atoms with Crippen LogP contribution in [0.1, 0.15) is 51.0 Å². The van der Waals surface area contributed by atoms with Gasteiger partial charge in [-0.2, -0.15) is 0 Å². The number of rotatable bonds is 8. The number of carbonyl (C=O) groups is 1. The molecular formula is C21H32N2O2S. The molecule has 2 unspecified atom stereocenters. The zero-order valence-electron chi connectivity index (χ0n) is 16.1. The first-order valence-electron chi connectivity index (χ1n) is 9.97. The molecule has 0 radical (unpaired) electrons. The second kappa shape index (κ2) is 9.65. The van der Waals surface area contributed by atoms with Crippen LogP contribution in [-0.4, -0.2) is 42.5 Å². The van der Waals surface area contributed by atoms with Crippen LogP contribution < -0.4 is 5.32 Å². The molecule has 0 bridgehead atoms. The minimum Gasteiger partial charge on any atom is -0.443 e. The molecule has 144 valence electrons. The molecule has 0 aromatic heterocycles. The van der Waals surface area contributed by atoms with Gasteiger partial charge in [-0.1, -0.05) is 50.3 Å². The first-order chi connectivity index (χ1) is 12.6. The normalized spacial score (nSPS) is 22.5. The summed E-state index contributed by atoms with van der Waals surface area (Å²) >= 11 is 1.79. The minimum atomic E-state index is -0.206. The molecule has 1 aromatic carbocycles. The second-order valence-electron chi connectivity index (χ2n) is 7.83. The molecule has 1 amide bonds. The summed E-state index contributed by atoms with van der Waals surface area (Å²) in [4.78, 5) is 14.4. The van der Waals surface area contributed by atoms with E-state index in [1.54, 1.807) is 23.7 Å². The van der Waals surface area contributed by atoms with Gasteiger partial charge in [-0.05, 0) is 30.9 Å². The molecule has 1 aliphatic carbocycles. The Bertz CT molecular complexity index is 589. The van der Waals surface area contributed by atoms with Gasteiger partial charge in [-0.25, -0.2) is 4.79 Å². The lowest BCUT2D eigenvalue weighted by molar-refractivity contribution is 0.142. The van der Waals surface area contributed by atoms with Gasteiger partial charge in [0.1, 0.15) is 6.10 Å². The molecule has 2 aliphatic rings. The molecule has 0 spiro atoms. The molecule has 3 rings (SSSR count). The smallest absolute Gasteiger partial charge is 0.409 e. The molecule has 1 N–H and O–H groups in total. The molecule has 1 saturated carbocycles. The molecule has 2 atom stereocenters. The maximum atomic E-state index is 11.5. The van der Waals surface area contributed by atoms with E-state index in [0.717, 1.165) is 18.2 Å². The third-order valence-electron chi connectivity index (χ3n) is 5.51. The molecule has 1 saturated heterocycles. The summed E-state index contributed by atoms with van der Waals surface area (Å²) in [7, 11) is 1.79. The Morgan fingerprint density at radius 1 is 1.27 bits per heavy atom. The Kier molecular flexibility index (Phi) is 7.26. The number of hydrogen-bond acceptors (Lipinski definition) is 4. The van der Waals surface area contributed by atoms with E-state index >= 15 is 0 Å². The Balaban J connectivity index is 1.46. The van der Waals surface area contributed by atoms with Crippen molar-refractivity contribution >= 4 is 17.9 Å². The van der Waals surface area contributed by atoms with E-state index in [1.807, 2.05) is 0 Å². The molecule has 4 nitrogen and oxygen atoms in total. The molecule has 1 aliphatic heterocycles. The van der Waals surface area contributed by atoms with Crippen molar-refractivity contribution in [3.05, 3.63) is 29.8 Å². The van der Waals surface area contributed by atoms with Gasteiger partial charge in [0.2, 0.25) is 0 Å². The highest BCUT2D eigenvalue weighted by molar-refractivity contribution is 7.99. The van der Waals surface area contributed by atoms with Crippen molar-refractivity contribution in [3.63, 3.8) is 0 Å². The molecular weight excluding hydrogens is 344 g/mol. The van der Waals surface area contributed by atoms with Crippen LogP contribution in [0.15, 0.2) is 29.2 Å². The lowest BCUT2D eigenvalue weighted by atomic mass is 9.85. The van der Waals surface area contributed by atoms with Crippen molar-refractivity contribution in [1.82, 2.24) is 10.2 Å². The third kappa shape index (κ3) is 5.65. The van der Waals surface area contributed by atoms with Crippen LogP contribution in [0, 0.1) is 5.92 Å². The van der Waals surface area contributed by atoms with Gasteiger partial charge in [-0.3, -0.25) is 0 Å². The van der Waals surface area contributed by atoms with E-state index in [4.69, 9.17) is 4.74 Å². The Morgan fingerprint density at radius 3 is 2.77 bits per heavy atom. The zero-order valence-corrected chi connectivity index (χ0v) is 16.9. The molecule has 2 fully saturated rings. The predicted molar refractivity (Wildman–Crippen MR) is 108 cm³/mol. The largest absolute Gasteiger partial charge is 0.443 e. The molecule has 1 heterocycles. The predicted octanol–water partition coefficient (Wildman–Crippen LogP) is 4.68. The molecule has 26 heavy (non-hydrogen) atoms.